The molecule has 1 aromatic rings. The Bertz CT molecular complexity index is 335. The molecule has 0 aromatic heterocycles. The van der Waals surface area contributed by atoms with E-state index in [1.165, 1.54) is 18.4 Å². The lowest BCUT2D eigenvalue weighted by Gasteiger charge is -2.19. The summed E-state index contributed by atoms with van der Waals surface area (Å²) in [5.74, 6) is 1.72. The number of rotatable bonds is 4. The van der Waals surface area contributed by atoms with E-state index in [2.05, 4.69) is 45.0 Å². The first-order chi connectivity index (χ1) is 7.59. The minimum atomic E-state index is -0.284. The van der Waals surface area contributed by atoms with Gasteiger partial charge >= 0.3 is 0 Å². The fourth-order valence-corrected chi connectivity index (χ4v) is 2.26. The molecule has 1 aliphatic rings. The van der Waals surface area contributed by atoms with Crippen molar-refractivity contribution in [2.24, 2.45) is 11.8 Å². The first-order valence-corrected chi connectivity index (χ1v) is 6.37. The van der Waals surface area contributed by atoms with Crippen LogP contribution in [0.4, 0.5) is 0 Å². The molecule has 0 amide bonds. The van der Waals surface area contributed by atoms with Crippen molar-refractivity contribution < 1.29 is 5.11 Å². The normalized spacial score (nSPS) is 19.8. The van der Waals surface area contributed by atoms with Crippen LogP contribution in [0, 0.1) is 11.8 Å². The monoisotopic (exact) mass is 218 g/mol. The van der Waals surface area contributed by atoms with Crippen molar-refractivity contribution >= 4 is 0 Å². The molecule has 2 unspecified atom stereocenters. The lowest BCUT2D eigenvalue weighted by atomic mass is 9.92. The average Bonchev–Trinajstić information content (AvgIpc) is 3.11. The number of aliphatic hydroxyl groups excluding tert-OH is 1. The molecular weight excluding hydrogens is 196 g/mol. The van der Waals surface area contributed by atoms with E-state index in [4.69, 9.17) is 0 Å². The van der Waals surface area contributed by atoms with Gasteiger partial charge in [-0.05, 0) is 41.7 Å². The Balaban J connectivity index is 2.08. The maximum atomic E-state index is 10.2. The Morgan fingerprint density at radius 1 is 1.00 bits per heavy atom. The molecule has 1 N–H and O–H groups in total. The van der Waals surface area contributed by atoms with Gasteiger partial charge < -0.3 is 5.11 Å². The summed E-state index contributed by atoms with van der Waals surface area (Å²) >= 11 is 0. The summed E-state index contributed by atoms with van der Waals surface area (Å²) in [7, 11) is 0. The fraction of sp³-hybridized carbons (Fsp3) is 0.600. The summed E-state index contributed by atoms with van der Waals surface area (Å²) in [5, 5.41) is 10.2. The zero-order valence-corrected chi connectivity index (χ0v) is 10.5. The molecule has 0 spiro atoms. The molecule has 1 nitrogen and oxygen atoms in total. The molecule has 0 aliphatic heterocycles. The highest BCUT2D eigenvalue weighted by Crippen LogP contribution is 2.42. The van der Waals surface area contributed by atoms with Crippen LogP contribution in [0.15, 0.2) is 24.3 Å². The predicted octanol–water partition coefficient (Wildman–Crippen LogP) is 3.89. The van der Waals surface area contributed by atoms with Crippen molar-refractivity contribution in [3.05, 3.63) is 35.4 Å². The Hall–Kier alpha value is -0.820. The lowest BCUT2D eigenvalue weighted by molar-refractivity contribution is 0.106. The van der Waals surface area contributed by atoms with Crippen LogP contribution in [0.1, 0.15) is 56.8 Å². The van der Waals surface area contributed by atoms with Gasteiger partial charge in [0.2, 0.25) is 0 Å². The summed E-state index contributed by atoms with van der Waals surface area (Å²) in [6, 6.07) is 8.45. The molecule has 0 heterocycles. The minimum absolute atomic E-state index is 0.284. The van der Waals surface area contributed by atoms with Crippen LogP contribution in [0.25, 0.3) is 0 Å². The molecule has 1 heteroatoms. The molecule has 88 valence electrons. The standard InChI is InChI=1S/C15H22O/c1-10(2)12-4-8-14(9-5-12)15(16)11(3)13-6-7-13/h4-5,8-11,13,15-16H,6-7H2,1-3H3. The summed E-state index contributed by atoms with van der Waals surface area (Å²) < 4.78 is 0. The molecule has 0 radical (unpaired) electrons. The summed E-state index contributed by atoms with van der Waals surface area (Å²) in [6.07, 6.45) is 2.30. The van der Waals surface area contributed by atoms with Crippen molar-refractivity contribution in [2.45, 2.75) is 45.6 Å². The van der Waals surface area contributed by atoms with Gasteiger partial charge in [0, 0.05) is 0 Å². The van der Waals surface area contributed by atoms with Crippen LogP contribution >= 0.6 is 0 Å². The highest BCUT2D eigenvalue weighted by Gasteiger charge is 2.32. The second kappa shape index (κ2) is 4.58. The van der Waals surface area contributed by atoms with E-state index in [1.807, 2.05) is 0 Å². The third kappa shape index (κ3) is 2.46. The van der Waals surface area contributed by atoms with Gasteiger partial charge in [-0.1, -0.05) is 45.0 Å². The zero-order valence-electron chi connectivity index (χ0n) is 10.5. The maximum Gasteiger partial charge on any atom is 0.0818 e. The molecule has 2 atom stereocenters. The lowest BCUT2D eigenvalue weighted by Crippen LogP contribution is -2.11. The number of hydrogen-bond donors (Lipinski definition) is 1. The molecule has 1 saturated carbocycles. The van der Waals surface area contributed by atoms with E-state index in [0.29, 0.717) is 11.8 Å². The van der Waals surface area contributed by atoms with Gasteiger partial charge in [-0.3, -0.25) is 0 Å². The SMILES string of the molecule is CC(C)c1ccc(C(O)C(C)C2CC2)cc1. The molecule has 1 aromatic carbocycles. The van der Waals surface area contributed by atoms with E-state index in [0.717, 1.165) is 11.5 Å². The van der Waals surface area contributed by atoms with E-state index in [-0.39, 0.29) is 6.10 Å². The third-order valence-corrected chi connectivity index (χ3v) is 3.81. The second-order valence-corrected chi connectivity index (χ2v) is 5.46. The van der Waals surface area contributed by atoms with E-state index in [1.54, 1.807) is 0 Å². The summed E-state index contributed by atoms with van der Waals surface area (Å²) in [5.41, 5.74) is 2.42. The van der Waals surface area contributed by atoms with E-state index in [9.17, 15) is 5.11 Å². The van der Waals surface area contributed by atoms with Crippen LogP contribution in [-0.2, 0) is 0 Å². The van der Waals surface area contributed by atoms with Gasteiger partial charge in [-0.15, -0.1) is 0 Å². The molecule has 1 aliphatic carbocycles. The Morgan fingerprint density at radius 3 is 1.94 bits per heavy atom. The predicted molar refractivity (Wildman–Crippen MR) is 67.4 cm³/mol. The molecular formula is C15H22O. The van der Waals surface area contributed by atoms with Gasteiger partial charge in [-0.2, -0.15) is 0 Å². The van der Waals surface area contributed by atoms with E-state index < -0.39 is 0 Å². The van der Waals surface area contributed by atoms with Crippen molar-refractivity contribution in [3.63, 3.8) is 0 Å². The number of hydrogen-bond acceptors (Lipinski definition) is 1. The fourth-order valence-electron chi connectivity index (χ4n) is 2.26. The summed E-state index contributed by atoms with van der Waals surface area (Å²) in [6.45, 7) is 6.55. The quantitative estimate of drug-likeness (QED) is 0.813. The zero-order chi connectivity index (χ0) is 11.7. The number of benzene rings is 1. The molecule has 0 bridgehead atoms. The van der Waals surface area contributed by atoms with E-state index >= 15 is 0 Å². The van der Waals surface area contributed by atoms with Crippen LogP contribution < -0.4 is 0 Å². The Labute approximate surface area is 98.5 Å². The summed E-state index contributed by atoms with van der Waals surface area (Å²) in [4.78, 5) is 0. The van der Waals surface area contributed by atoms with Gasteiger partial charge in [0.25, 0.3) is 0 Å². The minimum Gasteiger partial charge on any atom is -0.388 e. The molecule has 1 fully saturated rings. The first kappa shape index (κ1) is 11.7. The maximum absolute atomic E-state index is 10.2. The van der Waals surface area contributed by atoms with Crippen molar-refractivity contribution in [1.29, 1.82) is 0 Å². The Kier molecular flexibility index (Phi) is 3.34. The van der Waals surface area contributed by atoms with Crippen molar-refractivity contribution in [3.8, 4) is 0 Å². The van der Waals surface area contributed by atoms with Crippen LogP contribution in [0.3, 0.4) is 0 Å². The average molecular weight is 218 g/mol. The van der Waals surface area contributed by atoms with Gasteiger partial charge in [0.15, 0.2) is 0 Å². The highest BCUT2D eigenvalue weighted by molar-refractivity contribution is 5.26. The molecule has 2 rings (SSSR count). The topological polar surface area (TPSA) is 20.2 Å². The molecule has 0 saturated heterocycles. The Morgan fingerprint density at radius 2 is 1.50 bits per heavy atom. The first-order valence-electron chi connectivity index (χ1n) is 6.37. The van der Waals surface area contributed by atoms with Crippen molar-refractivity contribution in [2.75, 3.05) is 0 Å². The van der Waals surface area contributed by atoms with Gasteiger partial charge in [0.05, 0.1) is 6.10 Å². The van der Waals surface area contributed by atoms with Gasteiger partial charge in [0.1, 0.15) is 0 Å². The van der Waals surface area contributed by atoms with Crippen LogP contribution in [0.2, 0.25) is 0 Å². The second-order valence-electron chi connectivity index (χ2n) is 5.46. The molecule has 16 heavy (non-hydrogen) atoms. The van der Waals surface area contributed by atoms with Gasteiger partial charge in [-0.25, -0.2) is 0 Å². The highest BCUT2D eigenvalue weighted by atomic mass is 16.3. The van der Waals surface area contributed by atoms with Crippen LogP contribution in [0.5, 0.6) is 0 Å². The van der Waals surface area contributed by atoms with Crippen LogP contribution in [-0.4, -0.2) is 5.11 Å². The van der Waals surface area contributed by atoms with Crippen molar-refractivity contribution in [1.82, 2.24) is 0 Å². The number of aliphatic hydroxyl groups is 1. The third-order valence-electron chi connectivity index (χ3n) is 3.81. The smallest absolute Gasteiger partial charge is 0.0818 e. The largest absolute Gasteiger partial charge is 0.388 e.